The van der Waals surface area contributed by atoms with Gasteiger partial charge in [-0.3, -0.25) is 0 Å². The Balaban J connectivity index is 1.83. The van der Waals surface area contributed by atoms with Crippen LogP contribution in [-0.4, -0.2) is 28.3 Å². The Labute approximate surface area is 120 Å². The largest absolute Gasteiger partial charge is 0.465 e. The van der Waals surface area contributed by atoms with Gasteiger partial charge in [0.25, 0.3) is 0 Å². The number of hydrogen-bond acceptors (Lipinski definition) is 6. The number of aromatic nitrogens is 3. The summed E-state index contributed by atoms with van der Waals surface area (Å²) in [5.74, 6) is 0.116. The van der Waals surface area contributed by atoms with Gasteiger partial charge in [0.15, 0.2) is 0 Å². The number of fused-ring (bicyclic) bond motifs is 1. The minimum Gasteiger partial charge on any atom is -0.465 e. The highest BCUT2D eigenvalue weighted by molar-refractivity contribution is 5.89. The van der Waals surface area contributed by atoms with Crippen LogP contribution in [0.3, 0.4) is 0 Å². The second-order valence-electron chi connectivity index (χ2n) is 4.20. The van der Waals surface area contributed by atoms with Crippen molar-refractivity contribution in [2.75, 3.05) is 7.11 Å². The SMILES string of the molecule is COC(=O)c1ccc(Oc2nnc3ccccc3n2)cc1. The fraction of sp³-hybridized carbons (Fsp3) is 0.0667. The molecule has 0 amide bonds. The van der Waals surface area contributed by atoms with Crippen LogP contribution < -0.4 is 4.74 Å². The number of hydrogen-bond donors (Lipinski definition) is 0. The van der Waals surface area contributed by atoms with Crippen molar-refractivity contribution in [2.24, 2.45) is 0 Å². The van der Waals surface area contributed by atoms with Gasteiger partial charge in [0.05, 0.1) is 18.2 Å². The Kier molecular flexibility index (Phi) is 3.42. The van der Waals surface area contributed by atoms with Crippen molar-refractivity contribution in [3.05, 3.63) is 54.1 Å². The highest BCUT2D eigenvalue weighted by Crippen LogP contribution is 2.19. The van der Waals surface area contributed by atoms with E-state index < -0.39 is 5.97 Å². The number of carbonyl (C=O) groups is 1. The molecule has 0 aliphatic heterocycles. The molecule has 0 spiro atoms. The quantitative estimate of drug-likeness (QED) is 0.687. The Morgan fingerprint density at radius 3 is 2.38 bits per heavy atom. The third-order valence-electron chi connectivity index (χ3n) is 2.83. The summed E-state index contributed by atoms with van der Waals surface area (Å²) in [4.78, 5) is 15.6. The molecular weight excluding hydrogens is 270 g/mol. The first-order chi connectivity index (χ1) is 10.3. The van der Waals surface area contributed by atoms with Crippen LogP contribution in [0.4, 0.5) is 0 Å². The lowest BCUT2D eigenvalue weighted by Crippen LogP contribution is -2.00. The van der Waals surface area contributed by atoms with Crippen LogP contribution in [0.1, 0.15) is 10.4 Å². The number of methoxy groups -OCH3 is 1. The molecule has 3 rings (SSSR count). The molecule has 0 aliphatic carbocycles. The average Bonchev–Trinajstić information content (AvgIpc) is 2.55. The Morgan fingerprint density at radius 2 is 1.67 bits per heavy atom. The molecule has 2 aromatic carbocycles. The topological polar surface area (TPSA) is 74.2 Å². The minimum absolute atomic E-state index is 0.152. The number of rotatable bonds is 3. The van der Waals surface area contributed by atoms with Crippen LogP contribution in [0, 0.1) is 0 Å². The lowest BCUT2D eigenvalue weighted by molar-refractivity contribution is 0.0600. The highest BCUT2D eigenvalue weighted by Gasteiger charge is 2.07. The molecule has 0 fully saturated rings. The molecule has 6 heteroatoms. The first-order valence-corrected chi connectivity index (χ1v) is 6.22. The summed E-state index contributed by atoms with van der Waals surface area (Å²) >= 11 is 0. The first-order valence-electron chi connectivity index (χ1n) is 6.22. The zero-order chi connectivity index (χ0) is 14.7. The molecule has 0 atom stereocenters. The summed E-state index contributed by atoms with van der Waals surface area (Å²) in [6.45, 7) is 0. The van der Waals surface area contributed by atoms with Crippen LogP contribution in [0.2, 0.25) is 0 Å². The maximum atomic E-state index is 11.3. The number of esters is 1. The van der Waals surface area contributed by atoms with Crippen LogP contribution in [0.15, 0.2) is 48.5 Å². The Hall–Kier alpha value is -3.02. The van der Waals surface area contributed by atoms with Gasteiger partial charge < -0.3 is 9.47 Å². The van der Waals surface area contributed by atoms with E-state index in [-0.39, 0.29) is 6.01 Å². The monoisotopic (exact) mass is 281 g/mol. The maximum absolute atomic E-state index is 11.3. The van der Waals surface area contributed by atoms with Gasteiger partial charge in [-0.15, -0.1) is 5.10 Å². The molecule has 21 heavy (non-hydrogen) atoms. The van der Waals surface area contributed by atoms with Crippen molar-refractivity contribution < 1.29 is 14.3 Å². The summed E-state index contributed by atoms with van der Waals surface area (Å²) < 4.78 is 10.1. The molecule has 0 bridgehead atoms. The molecule has 0 unspecified atom stereocenters. The van der Waals surface area contributed by atoms with E-state index in [2.05, 4.69) is 19.9 Å². The summed E-state index contributed by atoms with van der Waals surface area (Å²) in [6, 6.07) is 14.0. The molecular formula is C15H11N3O3. The van der Waals surface area contributed by atoms with Crippen molar-refractivity contribution in [3.8, 4) is 11.8 Å². The summed E-state index contributed by atoms with van der Waals surface area (Å²) in [7, 11) is 1.33. The third kappa shape index (κ3) is 2.79. The summed E-state index contributed by atoms with van der Waals surface area (Å²) in [5.41, 5.74) is 1.85. The highest BCUT2D eigenvalue weighted by atomic mass is 16.5. The fourth-order valence-corrected chi connectivity index (χ4v) is 1.79. The van der Waals surface area contributed by atoms with Gasteiger partial charge in [-0.1, -0.05) is 17.2 Å². The van der Waals surface area contributed by atoms with E-state index in [1.54, 1.807) is 24.3 Å². The number of benzene rings is 2. The Morgan fingerprint density at radius 1 is 0.952 bits per heavy atom. The van der Waals surface area contributed by atoms with Crippen LogP contribution in [-0.2, 0) is 4.74 Å². The lowest BCUT2D eigenvalue weighted by atomic mass is 10.2. The molecule has 0 radical (unpaired) electrons. The van der Waals surface area contributed by atoms with Gasteiger partial charge in [-0.2, -0.15) is 4.98 Å². The molecule has 3 aromatic rings. The van der Waals surface area contributed by atoms with E-state index >= 15 is 0 Å². The van der Waals surface area contributed by atoms with Gasteiger partial charge in [-0.05, 0) is 36.4 Å². The van der Waals surface area contributed by atoms with Crippen molar-refractivity contribution in [1.29, 1.82) is 0 Å². The molecule has 104 valence electrons. The average molecular weight is 281 g/mol. The van der Waals surface area contributed by atoms with Crippen LogP contribution >= 0.6 is 0 Å². The maximum Gasteiger partial charge on any atom is 0.341 e. The predicted molar refractivity (Wildman–Crippen MR) is 75.2 cm³/mol. The van der Waals surface area contributed by atoms with Gasteiger partial charge >= 0.3 is 12.0 Å². The minimum atomic E-state index is -0.398. The molecule has 1 aromatic heterocycles. The first kappa shape index (κ1) is 13.0. The van der Waals surface area contributed by atoms with E-state index in [1.165, 1.54) is 7.11 Å². The van der Waals surface area contributed by atoms with Crippen molar-refractivity contribution in [2.45, 2.75) is 0 Å². The Bertz CT molecular complexity index is 788. The van der Waals surface area contributed by atoms with E-state index in [4.69, 9.17) is 4.74 Å². The fourth-order valence-electron chi connectivity index (χ4n) is 1.79. The normalized spacial score (nSPS) is 10.3. The third-order valence-corrected chi connectivity index (χ3v) is 2.83. The van der Waals surface area contributed by atoms with E-state index in [0.29, 0.717) is 22.3 Å². The van der Waals surface area contributed by atoms with Crippen molar-refractivity contribution in [1.82, 2.24) is 15.2 Å². The summed E-state index contributed by atoms with van der Waals surface area (Å²) in [5, 5.41) is 7.93. The van der Waals surface area contributed by atoms with Crippen LogP contribution in [0.25, 0.3) is 11.0 Å². The summed E-state index contributed by atoms with van der Waals surface area (Å²) in [6.07, 6.45) is 0. The second-order valence-corrected chi connectivity index (χ2v) is 4.20. The standard InChI is InChI=1S/C15H11N3O3/c1-20-14(19)10-6-8-11(9-7-10)21-15-16-12-4-2-3-5-13(12)17-18-15/h2-9H,1H3. The molecule has 0 saturated heterocycles. The predicted octanol–water partition coefficient (Wildman–Crippen LogP) is 2.60. The van der Waals surface area contributed by atoms with Crippen LogP contribution in [0.5, 0.6) is 11.8 Å². The van der Waals surface area contributed by atoms with E-state index in [0.717, 1.165) is 0 Å². The smallest absolute Gasteiger partial charge is 0.341 e. The van der Waals surface area contributed by atoms with Gasteiger partial charge in [0.1, 0.15) is 11.3 Å². The van der Waals surface area contributed by atoms with E-state index in [9.17, 15) is 4.79 Å². The van der Waals surface area contributed by atoms with Crippen molar-refractivity contribution in [3.63, 3.8) is 0 Å². The van der Waals surface area contributed by atoms with Crippen molar-refractivity contribution >= 4 is 17.0 Å². The molecule has 0 N–H and O–H groups in total. The number of ether oxygens (including phenoxy) is 2. The molecule has 0 aliphatic rings. The second kappa shape index (κ2) is 5.54. The van der Waals surface area contributed by atoms with Gasteiger partial charge in [0.2, 0.25) is 0 Å². The van der Waals surface area contributed by atoms with Gasteiger partial charge in [0, 0.05) is 0 Å². The number of carbonyl (C=O) groups excluding carboxylic acids is 1. The molecule has 1 heterocycles. The zero-order valence-electron chi connectivity index (χ0n) is 11.2. The number of nitrogens with zero attached hydrogens (tertiary/aromatic N) is 3. The zero-order valence-corrected chi connectivity index (χ0v) is 11.2. The molecule has 0 saturated carbocycles. The molecule has 6 nitrogen and oxygen atoms in total. The van der Waals surface area contributed by atoms with Gasteiger partial charge in [-0.25, -0.2) is 4.79 Å². The number of para-hydroxylation sites is 1. The van der Waals surface area contributed by atoms with E-state index in [1.807, 2.05) is 24.3 Å². The lowest BCUT2D eigenvalue weighted by Gasteiger charge is -2.04.